The normalized spacial score (nSPS) is 16.6. The van der Waals surface area contributed by atoms with Gasteiger partial charge >= 0.3 is 24.6 Å². The van der Waals surface area contributed by atoms with Gasteiger partial charge in [-0.05, 0) is 78.3 Å². The molecule has 1 aliphatic heterocycles. The lowest BCUT2D eigenvalue weighted by Crippen LogP contribution is -2.37. The maximum absolute atomic E-state index is 14.1. The molecule has 0 spiro atoms. The number of tetrazole rings is 1. The predicted molar refractivity (Wildman–Crippen MR) is 152 cm³/mol. The average Bonchev–Trinajstić information content (AvgIpc) is 3.30. The number of ether oxygens (including phenoxy) is 1. The molecule has 47 heavy (non-hydrogen) atoms. The van der Waals surface area contributed by atoms with Crippen LogP contribution in [0.3, 0.4) is 0 Å². The number of hydrogen-bond donors (Lipinski definition) is 0. The van der Waals surface area contributed by atoms with Gasteiger partial charge in [0.15, 0.2) is 0 Å². The zero-order valence-electron chi connectivity index (χ0n) is 26.1. The molecule has 258 valence electrons. The monoisotopic (exact) mass is 680 g/mol. The van der Waals surface area contributed by atoms with Crippen molar-refractivity contribution in [3.8, 4) is 0 Å². The molecule has 2 atom stereocenters. The standard InChI is InChI=1S/C30H33F9N6O2/c1-6-25(16(2)3)47-27(46)44-9-7-8-23(21-10-17(4)22(14-24(21)44)30(37,38)39)45(26-40-42-43(5)41-26)15-18-11-19(28(31,32)33)13-20(12-18)29(34,35)36/h10-14,16,23,25H,6-9,15H2,1-5H3. The van der Waals surface area contributed by atoms with Crippen molar-refractivity contribution >= 4 is 17.7 Å². The molecule has 0 saturated heterocycles. The van der Waals surface area contributed by atoms with E-state index >= 15 is 0 Å². The van der Waals surface area contributed by atoms with Crippen molar-refractivity contribution < 1.29 is 49.0 Å². The summed E-state index contributed by atoms with van der Waals surface area (Å²) in [6.07, 6.45) is -15.7. The highest BCUT2D eigenvalue weighted by Crippen LogP contribution is 2.44. The molecule has 8 nitrogen and oxygen atoms in total. The zero-order chi connectivity index (χ0) is 35.1. The fraction of sp³-hybridized carbons (Fsp3) is 0.533. The molecule has 1 aliphatic rings. The summed E-state index contributed by atoms with van der Waals surface area (Å²) in [5, 5.41) is 11.8. The summed E-state index contributed by atoms with van der Waals surface area (Å²) in [7, 11) is 1.39. The second-order valence-electron chi connectivity index (χ2n) is 11.7. The Balaban J connectivity index is 1.91. The third kappa shape index (κ3) is 8.09. The second kappa shape index (κ2) is 13.2. The molecule has 17 heteroatoms. The number of alkyl halides is 9. The smallest absolute Gasteiger partial charge is 0.416 e. The fourth-order valence-corrected chi connectivity index (χ4v) is 5.66. The van der Waals surface area contributed by atoms with Crippen LogP contribution >= 0.6 is 0 Å². The molecule has 2 aromatic carbocycles. The van der Waals surface area contributed by atoms with Gasteiger partial charge in [-0.15, -0.1) is 5.10 Å². The van der Waals surface area contributed by atoms with Gasteiger partial charge in [-0.1, -0.05) is 31.9 Å². The lowest BCUT2D eigenvalue weighted by molar-refractivity contribution is -0.143. The van der Waals surface area contributed by atoms with E-state index in [1.54, 1.807) is 6.92 Å². The largest absolute Gasteiger partial charge is 0.446 e. The van der Waals surface area contributed by atoms with Crippen molar-refractivity contribution in [3.63, 3.8) is 0 Å². The van der Waals surface area contributed by atoms with E-state index in [-0.39, 0.29) is 54.1 Å². The first kappa shape index (κ1) is 35.8. The van der Waals surface area contributed by atoms with Gasteiger partial charge in [-0.2, -0.15) is 44.3 Å². The number of aryl methyl sites for hydroxylation is 2. The van der Waals surface area contributed by atoms with Crippen LogP contribution in [-0.2, 0) is 36.9 Å². The quantitative estimate of drug-likeness (QED) is 0.233. The van der Waals surface area contributed by atoms with Gasteiger partial charge in [0, 0.05) is 13.1 Å². The highest BCUT2D eigenvalue weighted by Gasteiger charge is 2.40. The summed E-state index contributed by atoms with van der Waals surface area (Å²) in [5.74, 6) is -0.298. The number of fused-ring (bicyclic) bond motifs is 1. The summed E-state index contributed by atoms with van der Waals surface area (Å²) in [6, 6.07) is 2.15. The van der Waals surface area contributed by atoms with Crippen molar-refractivity contribution in [2.75, 3.05) is 16.3 Å². The van der Waals surface area contributed by atoms with Crippen LogP contribution in [0.5, 0.6) is 0 Å². The van der Waals surface area contributed by atoms with Crippen LogP contribution < -0.4 is 9.80 Å². The fourth-order valence-electron chi connectivity index (χ4n) is 5.66. The predicted octanol–water partition coefficient (Wildman–Crippen LogP) is 8.49. The lowest BCUT2D eigenvalue weighted by Gasteiger charge is -2.33. The molecule has 2 unspecified atom stereocenters. The molecule has 4 rings (SSSR count). The van der Waals surface area contributed by atoms with Gasteiger partial charge in [0.05, 0.1) is 35.5 Å². The molecule has 0 bridgehead atoms. The van der Waals surface area contributed by atoms with Crippen LogP contribution in [0.4, 0.5) is 55.9 Å². The molecule has 0 radical (unpaired) electrons. The summed E-state index contributed by atoms with van der Waals surface area (Å²) >= 11 is 0. The molecular formula is C30H33F9N6O2. The van der Waals surface area contributed by atoms with Crippen LogP contribution in [0.2, 0.25) is 0 Å². The van der Waals surface area contributed by atoms with Crippen molar-refractivity contribution in [2.24, 2.45) is 13.0 Å². The van der Waals surface area contributed by atoms with Gasteiger partial charge in [0.1, 0.15) is 6.10 Å². The van der Waals surface area contributed by atoms with Crippen LogP contribution in [0, 0.1) is 12.8 Å². The minimum absolute atomic E-state index is 0.00159. The van der Waals surface area contributed by atoms with E-state index in [0.717, 1.165) is 15.8 Å². The molecule has 0 N–H and O–H groups in total. The molecule has 0 fully saturated rings. The summed E-state index contributed by atoms with van der Waals surface area (Å²) in [4.78, 5) is 16.9. The van der Waals surface area contributed by atoms with Crippen LogP contribution in [-0.4, -0.2) is 38.9 Å². The average molecular weight is 681 g/mol. The minimum Gasteiger partial charge on any atom is -0.446 e. The van der Waals surface area contributed by atoms with E-state index in [0.29, 0.717) is 18.6 Å². The Kier molecular flexibility index (Phi) is 10.1. The molecular weight excluding hydrogens is 647 g/mol. The van der Waals surface area contributed by atoms with Gasteiger partial charge in [0.25, 0.3) is 5.95 Å². The summed E-state index contributed by atoms with van der Waals surface area (Å²) in [5.41, 5.74) is -4.73. The number of carbonyl (C=O) groups is 1. The van der Waals surface area contributed by atoms with Crippen LogP contribution in [0.1, 0.15) is 79.5 Å². The second-order valence-corrected chi connectivity index (χ2v) is 11.7. The van der Waals surface area contributed by atoms with Gasteiger partial charge < -0.3 is 9.64 Å². The zero-order valence-corrected chi connectivity index (χ0v) is 26.1. The van der Waals surface area contributed by atoms with Crippen molar-refractivity contribution in [1.29, 1.82) is 0 Å². The maximum atomic E-state index is 14.1. The number of aromatic nitrogens is 4. The Hall–Kier alpha value is -4.05. The van der Waals surface area contributed by atoms with E-state index in [1.807, 2.05) is 13.8 Å². The lowest BCUT2D eigenvalue weighted by atomic mass is 9.94. The van der Waals surface area contributed by atoms with Crippen molar-refractivity contribution in [2.45, 2.75) is 84.2 Å². The van der Waals surface area contributed by atoms with Crippen LogP contribution in [0.25, 0.3) is 0 Å². The van der Waals surface area contributed by atoms with Gasteiger partial charge in [-0.25, -0.2) is 4.79 Å². The first-order chi connectivity index (χ1) is 21.7. The highest BCUT2D eigenvalue weighted by molar-refractivity contribution is 5.89. The number of hydrogen-bond acceptors (Lipinski definition) is 6. The highest BCUT2D eigenvalue weighted by atomic mass is 19.4. The molecule has 1 amide bonds. The maximum Gasteiger partial charge on any atom is 0.416 e. The summed E-state index contributed by atoms with van der Waals surface area (Å²) < 4.78 is 130. The number of rotatable bonds is 7. The molecule has 3 aromatic rings. The number of amides is 1. The number of benzene rings is 2. The van der Waals surface area contributed by atoms with Crippen LogP contribution in [0.15, 0.2) is 30.3 Å². The SMILES string of the molecule is CCC(OC(=O)N1CCCC(N(Cc2cc(C(F)(F)F)cc(C(F)(F)F)c2)c2nnn(C)n2)c2cc(C)c(C(F)(F)F)cc21)C(C)C. The van der Waals surface area contributed by atoms with E-state index in [9.17, 15) is 44.3 Å². The van der Waals surface area contributed by atoms with E-state index in [2.05, 4.69) is 15.4 Å². The number of halogens is 9. The minimum atomic E-state index is -5.11. The van der Waals surface area contributed by atoms with E-state index in [1.165, 1.54) is 24.9 Å². The van der Waals surface area contributed by atoms with Crippen molar-refractivity contribution in [1.82, 2.24) is 20.2 Å². The summed E-state index contributed by atoms with van der Waals surface area (Å²) in [6.45, 7) is 5.96. The topological polar surface area (TPSA) is 76.4 Å². The Morgan fingerprint density at radius 3 is 2.09 bits per heavy atom. The van der Waals surface area contributed by atoms with E-state index in [4.69, 9.17) is 4.74 Å². The molecule has 1 aromatic heterocycles. The first-order valence-corrected chi connectivity index (χ1v) is 14.7. The Bertz CT molecular complexity index is 1550. The van der Waals surface area contributed by atoms with E-state index < -0.39 is 65.6 Å². The Labute approximate surface area is 264 Å². The number of carbonyl (C=O) groups excluding carboxylic acids is 1. The first-order valence-electron chi connectivity index (χ1n) is 14.7. The molecule has 0 aliphatic carbocycles. The van der Waals surface area contributed by atoms with Crippen molar-refractivity contribution in [3.05, 3.63) is 63.7 Å². The third-order valence-corrected chi connectivity index (χ3v) is 7.94. The number of anilines is 2. The van der Waals surface area contributed by atoms with Gasteiger partial charge in [0.2, 0.25) is 0 Å². The molecule has 2 heterocycles. The Morgan fingerprint density at radius 1 is 0.979 bits per heavy atom. The Morgan fingerprint density at radius 2 is 1.60 bits per heavy atom. The molecule has 0 saturated carbocycles. The van der Waals surface area contributed by atoms with Gasteiger partial charge in [-0.3, -0.25) is 4.90 Å². The third-order valence-electron chi connectivity index (χ3n) is 7.94. The number of nitrogens with zero attached hydrogens (tertiary/aromatic N) is 6.